The Balaban J connectivity index is 0.00000392. The molecule has 5 nitrogen and oxygen atoms in total. The summed E-state index contributed by atoms with van der Waals surface area (Å²) in [5.74, 6) is 2.97. The van der Waals surface area contributed by atoms with Gasteiger partial charge in [-0.15, -0.1) is 24.0 Å². The first-order valence-corrected chi connectivity index (χ1v) is 11.4. The summed E-state index contributed by atoms with van der Waals surface area (Å²) in [6.45, 7) is 11.6. The number of aliphatic hydroxyl groups excluding tert-OH is 1. The Labute approximate surface area is 190 Å². The summed E-state index contributed by atoms with van der Waals surface area (Å²) in [7, 11) is 0. The Bertz CT molecular complexity index is 420. The van der Waals surface area contributed by atoms with Crippen molar-refractivity contribution in [3.05, 3.63) is 0 Å². The number of rotatable bonds is 10. The number of piperidine rings is 1. The lowest BCUT2D eigenvalue weighted by molar-refractivity contribution is 0.001000. The second-order valence-corrected chi connectivity index (χ2v) is 8.87. The van der Waals surface area contributed by atoms with E-state index in [1.54, 1.807) is 0 Å². The molecule has 1 unspecified atom stereocenters. The minimum absolute atomic E-state index is 0. The van der Waals surface area contributed by atoms with E-state index in [4.69, 9.17) is 9.73 Å². The van der Waals surface area contributed by atoms with Crippen LogP contribution in [0.15, 0.2) is 4.99 Å². The Kier molecular flexibility index (Phi) is 13.7. The molecule has 1 aliphatic heterocycles. The molecule has 1 saturated carbocycles. The monoisotopic (exact) mass is 509 g/mol. The van der Waals surface area contributed by atoms with Crippen LogP contribution in [0.25, 0.3) is 0 Å². The number of aliphatic imine (C=N–C) groups is 1. The molecule has 1 heterocycles. The third-order valence-corrected chi connectivity index (χ3v) is 5.96. The summed E-state index contributed by atoms with van der Waals surface area (Å²) in [4.78, 5) is 7.32. The van der Waals surface area contributed by atoms with Crippen LogP contribution in [0.2, 0.25) is 0 Å². The molecule has 0 aromatic heterocycles. The molecule has 0 amide bonds. The van der Waals surface area contributed by atoms with E-state index in [-0.39, 0.29) is 30.6 Å². The zero-order valence-corrected chi connectivity index (χ0v) is 20.7. The predicted octanol–water partition coefficient (Wildman–Crippen LogP) is 4.29. The van der Waals surface area contributed by atoms with Crippen LogP contribution in [0.3, 0.4) is 0 Å². The topological polar surface area (TPSA) is 57.1 Å². The Hall–Kier alpha value is -0.0800. The summed E-state index contributed by atoms with van der Waals surface area (Å²) < 4.78 is 6.21. The number of guanidine groups is 1. The van der Waals surface area contributed by atoms with Gasteiger partial charge < -0.3 is 20.1 Å². The lowest BCUT2D eigenvalue weighted by Crippen LogP contribution is -2.47. The van der Waals surface area contributed by atoms with Gasteiger partial charge in [-0.1, -0.05) is 26.7 Å². The third-order valence-electron chi connectivity index (χ3n) is 5.96. The fourth-order valence-electron chi connectivity index (χ4n) is 4.46. The van der Waals surface area contributed by atoms with Crippen molar-refractivity contribution in [1.82, 2.24) is 10.2 Å². The van der Waals surface area contributed by atoms with Crippen molar-refractivity contribution in [1.29, 1.82) is 0 Å². The van der Waals surface area contributed by atoms with Crippen LogP contribution in [0.1, 0.15) is 72.1 Å². The number of aliphatic hydroxyl groups is 1. The van der Waals surface area contributed by atoms with Gasteiger partial charge in [0.1, 0.15) is 0 Å². The highest BCUT2D eigenvalue weighted by Crippen LogP contribution is 2.26. The average Bonchev–Trinajstić information content (AvgIpc) is 3.17. The van der Waals surface area contributed by atoms with Gasteiger partial charge in [-0.2, -0.15) is 0 Å². The number of hydrogen-bond acceptors (Lipinski definition) is 3. The maximum Gasteiger partial charge on any atom is 0.193 e. The van der Waals surface area contributed by atoms with E-state index in [1.807, 2.05) is 0 Å². The molecule has 1 aliphatic carbocycles. The molecule has 2 aliphatic rings. The van der Waals surface area contributed by atoms with E-state index in [2.05, 4.69) is 31.0 Å². The Morgan fingerprint density at radius 2 is 1.86 bits per heavy atom. The molecular weight excluding hydrogens is 465 g/mol. The third kappa shape index (κ3) is 9.61. The summed E-state index contributed by atoms with van der Waals surface area (Å²) in [5.41, 5.74) is 0. The average molecular weight is 510 g/mol. The molecule has 0 bridgehead atoms. The van der Waals surface area contributed by atoms with Gasteiger partial charge in [-0.25, -0.2) is 0 Å². The van der Waals surface area contributed by atoms with Crippen molar-refractivity contribution < 1.29 is 9.84 Å². The highest BCUT2D eigenvalue weighted by atomic mass is 127. The number of ether oxygens (including phenoxy) is 1. The zero-order chi connectivity index (χ0) is 19.5. The standard InChI is InChI=1S/C22H43N3O2.HI/c1-4-23-22(24-16-20(11-14-26)15-18(2)3)25-12-9-21(10-13-25)27-17-19-7-5-6-8-19;/h18-21,26H,4-17H2,1-3H3,(H,23,24);1H. The van der Waals surface area contributed by atoms with E-state index in [0.29, 0.717) is 17.9 Å². The van der Waals surface area contributed by atoms with Gasteiger partial charge in [0.15, 0.2) is 5.96 Å². The minimum atomic E-state index is 0. The number of halogens is 1. The number of hydrogen-bond donors (Lipinski definition) is 2. The van der Waals surface area contributed by atoms with Crippen LogP contribution < -0.4 is 5.32 Å². The van der Waals surface area contributed by atoms with Crippen LogP contribution in [0, 0.1) is 17.8 Å². The van der Waals surface area contributed by atoms with Crippen LogP contribution in [0.4, 0.5) is 0 Å². The van der Waals surface area contributed by atoms with Crippen molar-refractivity contribution in [3.63, 3.8) is 0 Å². The van der Waals surface area contributed by atoms with Crippen LogP contribution in [0.5, 0.6) is 0 Å². The van der Waals surface area contributed by atoms with E-state index in [0.717, 1.165) is 70.3 Å². The summed E-state index contributed by atoms with van der Waals surface area (Å²) in [6, 6.07) is 0. The van der Waals surface area contributed by atoms with Crippen LogP contribution >= 0.6 is 24.0 Å². The number of nitrogens with one attached hydrogen (secondary N) is 1. The van der Waals surface area contributed by atoms with Gasteiger partial charge in [-0.3, -0.25) is 4.99 Å². The summed E-state index contributed by atoms with van der Waals surface area (Å²) in [5, 5.41) is 12.8. The first-order valence-electron chi connectivity index (χ1n) is 11.4. The van der Waals surface area contributed by atoms with Gasteiger partial charge in [0.05, 0.1) is 6.10 Å². The molecule has 166 valence electrons. The fraction of sp³-hybridized carbons (Fsp3) is 0.955. The van der Waals surface area contributed by atoms with E-state index in [1.165, 1.54) is 25.7 Å². The molecule has 28 heavy (non-hydrogen) atoms. The lowest BCUT2D eigenvalue weighted by atomic mass is 9.94. The first-order chi connectivity index (χ1) is 13.1. The van der Waals surface area contributed by atoms with Crippen molar-refractivity contribution >= 4 is 29.9 Å². The van der Waals surface area contributed by atoms with Gasteiger partial charge in [0.2, 0.25) is 0 Å². The highest BCUT2D eigenvalue weighted by molar-refractivity contribution is 14.0. The van der Waals surface area contributed by atoms with E-state index >= 15 is 0 Å². The molecule has 0 spiro atoms. The molecule has 2 N–H and O–H groups in total. The highest BCUT2D eigenvalue weighted by Gasteiger charge is 2.24. The second kappa shape index (κ2) is 14.8. The van der Waals surface area contributed by atoms with Gasteiger partial charge in [0.25, 0.3) is 0 Å². The van der Waals surface area contributed by atoms with E-state index in [9.17, 15) is 5.11 Å². The van der Waals surface area contributed by atoms with Crippen molar-refractivity contribution in [2.24, 2.45) is 22.7 Å². The second-order valence-electron chi connectivity index (χ2n) is 8.87. The largest absolute Gasteiger partial charge is 0.396 e. The molecule has 1 saturated heterocycles. The van der Waals surface area contributed by atoms with Crippen molar-refractivity contribution in [2.75, 3.05) is 39.4 Å². The maximum absolute atomic E-state index is 9.34. The maximum atomic E-state index is 9.34. The molecule has 2 fully saturated rings. The Morgan fingerprint density at radius 3 is 2.43 bits per heavy atom. The quantitative estimate of drug-likeness (QED) is 0.262. The lowest BCUT2D eigenvalue weighted by Gasteiger charge is -2.34. The molecule has 0 aromatic carbocycles. The number of likely N-dealkylation sites (tertiary alicyclic amines) is 1. The van der Waals surface area contributed by atoms with Crippen LogP contribution in [-0.2, 0) is 4.74 Å². The zero-order valence-electron chi connectivity index (χ0n) is 18.4. The van der Waals surface area contributed by atoms with Crippen molar-refractivity contribution in [2.45, 2.75) is 78.2 Å². The minimum Gasteiger partial charge on any atom is -0.396 e. The molecule has 6 heteroatoms. The van der Waals surface area contributed by atoms with E-state index < -0.39 is 0 Å². The summed E-state index contributed by atoms with van der Waals surface area (Å²) in [6.07, 6.45) is 10.1. The normalized spacial score (nSPS) is 20.5. The van der Waals surface area contributed by atoms with Crippen LogP contribution in [-0.4, -0.2) is 61.5 Å². The van der Waals surface area contributed by atoms with Gasteiger partial charge >= 0.3 is 0 Å². The van der Waals surface area contributed by atoms with Crippen molar-refractivity contribution in [3.8, 4) is 0 Å². The molecule has 0 aromatic rings. The number of nitrogens with zero attached hydrogens (tertiary/aromatic N) is 2. The first kappa shape index (κ1) is 26.0. The smallest absolute Gasteiger partial charge is 0.193 e. The molecular formula is C22H44IN3O2. The predicted molar refractivity (Wildman–Crippen MR) is 129 cm³/mol. The summed E-state index contributed by atoms with van der Waals surface area (Å²) >= 11 is 0. The Morgan fingerprint density at radius 1 is 1.18 bits per heavy atom. The molecule has 1 atom stereocenters. The van der Waals surface area contributed by atoms with Gasteiger partial charge in [-0.05, 0) is 63.2 Å². The molecule has 0 radical (unpaired) electrons. The SMILES string of the molecule is CCNC(=NCC(CCO)CC(C)C)N1CCC(OCC2CCCC2)CC1.I. The fourth-order valence-corrected chi connectivity index (χ4v) is 4.46. The molecule has 2 rings (SSSR count). The van der Waals surface area contributed by atoms with Gasteiger partial charge in [0, 0.05) is 39.4 Å².